The maximum absolute atomic E-state index is 12.7. The summed E-state index contributed by atoms with van der Waals surface area (Å²) in [5.41, 5.74) is 4.86. The second-order valence-electron chi connectivity index (χ2n) is 8.23. The summed E-state index contributed by atoms with van der Waals surface area (Å²) in [6, 6.07) is 10.2. The van der Waals surface area contributed by atoms with Crippen LogP contribution in [0.2, 0.25) is 0 Å². The number of nitrogens with one attached hydrogen (secondary N) is 2. The molecule has 2 rings (SSSR count). The van der Waals surface area contributed by atoms with Crippen LogP contribution in [-0.4, -0.2) is 36.8 Å². The Bertz CT molecular complexity index is 988. The van der Waals surface area contributed by atoms with E-state index in [1.54, 1.807) is 18.3 Å². The van der Waals surface area contributed by atoms with E-state index in [0.717, 1.165) is 14.7 Å². The minimum atomic E-state index is -0.725. The number of carbonyl (C=O) groups excluding carboxylic acids is 2. The fourth-order valence-corrected chi connectivity index (χ4v) is 3.73. The Labute approximate surface area is 209 Å². The van der Waals surface area contributed by atoms with Crippen LogP contribution in [0.4, 0.5) is 0 Å². The molecule has 7 nitrogen and oxygen atoms in total. The van der Waals surface area contributed by atoms with Gasteiger partial charge in [-0.15, -0.1) is 0 Å². The molecule has 2 N–H and O–H groups in total. The van der Waals surface area contributed by atoms with Gasteiger partial charge in [0.05, 0.1) is 22.5 Å². The van der Waals surface area contributed by atoms with Gasteiger partial charge in [-0.2, -0.15) is 5.10 Å². The molecule has 1 atom stereocenters. The molecule has 1 unspecified atom stereocenters. The van der Waals surface area contributed by atoms with Crippen molar-refractivity contribution in [3.63, 3.8) is 0 Å². The van der Waals surface area contributed by atoms with E-state index >= 15 is 0 Å². The predicted octanol–water partition coefficient (Wildman–Crippen LogP) is 4.69. The van der Waals surface area contributed by atoms with Gasteiger partial charge in [0.25, 0.3) is 11.8 Å². The zero-order valence-corrected chi connectivity index (χ0v) is 22.1. The van der Waals surface area contributed by atoms with Crippen molar-refractivity contribution >= 4 is 40.6 Å². The third-order valence-corrected chi connectivity index (χ3v) is 5.42. The number of nitrogens with zero attached hydrogens (tertiary/aromatic N) is 1. The number of hydrogen-bond acceptors (Lipinski definition) is 5. The van der Waals surface area contributed by atoms with E-state index < -0.39 is 6.04 Å². The summed E-state index contributed by atoms with van der Waals surface area (Å²) in [5.74, 6) is 0.502. The quantitative estimate of drug-likeness (QED) is 0.249. The number of aryl methyl sites for hydroxylation is 1. The lowest BCUT2D eigenvalue weighted by atomic mass is 10.0. The zero-order chi connectivity index (χ0) is 24.5. The second kappa shape index (κ2) is 12.6. The molecular formula is C25H32IN3O4. The van der Waals surface area contributed by atoms with Gasteiger partial charge >= 0.3 is 0 Å². The molecule has 0 aliphatic carbocycles. The molecule has 8 heteroatoms. The molecule has 0 radical (unpaired) electrons. The van der Waals surface area contributed by atoms with Crippen LogP contribution in [-0.2, 0) is 4.79 Å². The van der Waals surface area contributed by atoms with E-state index in [9.17, 15) is 9.59 Å². The molecule has 0 aliphatic rings. The van der Waals surface area contributed by atoms with Crippen LogP contribution < -0.4 is 20.2 Å². The Morgan fingerprint density at radius 2 is 1.79 bits per heavy atom. The lowest BCUT2D eigenvalue weighted by Gasteiger charge is -2.20. The van der Waals surface area contributed by atoms with Crippen LogP contribution in [0.3, 0.4) is 0 Å². The van der Waals surface area contributed by atoms with Crippen molar-refractivity contribution in [1.82, 2.24) is 10.7 Å². The fraction of sp³-hybridized carbons (Fsp3) is 0.400. The number of hydrogen-bond donors (Lipinski definition) is 2. The monoisotopic (exact) mass is 565 g/mol. The van der Waals surface area contributed by atoms with Crippen molar-refractivity contribution in [3.8, 4) is 11.5 Å². The number of rotatable bonds is 10. The second-order valence-corrected chi connectivity index (χ2v) is 9.39. The highest BCUT2D eigenvalue weighted by Gasteiger charge is 2.24. The van der Waals surface area contributed by atoms with Gasteiger partial charge in [0, 0.05) is 5.56 Å². The normalized spacial score (nSPS) is 12.2. The standard InChI is InChI=1S/C25H32IN3O4/c1-7-32-21-13-18(12-20(26)23(21)33-16(4)5)14-27-29-25(31)22(15(2)3)28-24(30)19-10-8-17(6)9-11-19/h8-16,22H,7H2,1-6H3,(H,28,30)(H,29,31)/b27-14+. The van der Waals surface area contributed by atoms with Gasteiger partial charge in [-0.3, -0.25) is 9.59 Å². The Balaban J connectivity index is 2.11. The molecule has 2 aromatic rings. The van der Waals surface area contributed by atoms with E-state index in [-0.39, 0.29) is 23.8 Å². The van der Waals surface area contributed by atoms with Crippen molar-refractivity contribution in [1.29, 1.82) is 0 Å². The first-order chi connectivity index (χ1) is 15.6. The van der Waals surface area contributed by atoms with Gasteiger partial charge in [-0.05, 0) is 86.0 Å². The first-order valence-corrected chi connectivity index (χ1v) is 12.0. The Hall–Kier alpha value is -2.62. The minimum Gasteiger partial charge on any atom is -0.490 e. The van der Waals surface area contributed by atoms with Crippen molar-refractivity contribution in [2.75, 3.05) is 6.61 Å². The van der Waals surface area contributed by atoms with Crippen molar-refractivity contribution < 1.29 is 19.1 Å². The summed E-state index contributed by atoms with van der Waals surface area (Å²) in [4.78, 5) is 25.3. The molecule has 0 saturated heterocycles. The minimum absolute atomic E-state index is 0.0135. The van der Waals surface area contributed by atoms with E-state index in [4.69, 9.17) is 9.47 Å². The van der Waals surface area contributed by atoms with Gasteiger partial charge in [-0.25, -0.2) is 5.43 Å². The first kappa shape index (κ1) is 26.6. The number of halogens is 1. The third-order valence-electron chi connectivity index (χ3n) is 4.62. The smallest absolute Gasteiger partial charge is 0.262 e. The van der Waals surface area contributed by atoms with Crippen molar-refractivity contribution in [3.05, 3.63) is 56.7 Å². The molecule has 0 aliphatic heterocycles. The highest BCUT2D eigenvalue weighted by molar-refractivity contribution is 14.1. The SMILES string of the molecule is CCOc1cc(/C=N/NC(=O)C(NC(=O)c2ccc(C)cc2)C(C)C)cc(I)c1OC(C)C. The summed E-state index contributed by atoms with van der Waals surface area (Å²) >= 11 is 2.19. The number of carbonyl (C=O) groups is 2. The molecule has 178 valence electrons. The predicted molar refractivity (Wildman–Crippen MR) is 139 cm³/mol. The van der Waals surface area contributed by atoms with Crippen LogP contribution in [0.15, 0.2) is 41.5 Å². The highest BCUT2D eigenvalue weighted by Crippen LogP contribution is 2.34. The van der Waals surface area contributed by atoms with Gasteiger partial charge < -0.3 is 14.8 Å². The lowest BCUT2D eigenvalue weighted by molar-refractivity contribution is -0.123. The summed E-state index contributed by atoms with van der Waals surface area (Å²) in [6.45, 7) is 12.0. The van der Waals surface area contributed by atoms with Crippen molar-refractivity contribution in [2.45, 2.75) is 53.7 Å². The van der Waals surface area contributed by atoms with Gasteiger partial charge in [-0.1, -0.05) is 31.5 Å². The lowest BCUT2D eigenvalue weighted by Crippen LogP contribution is -2.48. The maximum atomic E-state index is 12.7. The number of amides is 2. The largest absolute Gasteiger partial charge is 0.490 e. The van der Waals surface area contributed by atoms with Gasteiger partial charge in [0.1, 0.15) is 6.04 Å². The molecule has 0 saturated carbocycles. The molecule has 33 heavy (non-hydrogen) atoms. The molecule has 0 bridgehead atoms. The molecule has 0 aromatic heterocycles. The summed E-state index contributed by atoms with van der Waals surface area (Å²) in [5, 5.41) is 6.89. The highest BCUT2D eigenvalue weighted by atomic mass is 127. The topological polar surface area (TPSA) is 89.0 Å². The number of ether oxygens (including phenoxy) is 2. The van der Waals surface area contributed by atoms with E-state index in [1.807, 2.05) is 65.8 Å². The average molecular weight is 565 g/mol. The molecule has 2 aromatic carbocycles. The average Bonchev–Trinajstić information content (AvgIpc) is 2.74. The fourth-order valence-electron chi connectivity index (χ4n) is 2.98. The third kappa shape index (κ3) is 8.03. The first-order valence-electron chi connectivity index (χ1n) is 11.0. The maximum Gasteiger partial charge on any atom is 0.262 e. The Kier molecular flexibility index (Phi) is 10.1. The van der Waals surface area contributed by atoms with Gasteiger partial charge in [0.2, 0.25) is 0 Å². The van der Waals surface area contributed by atoms with E-state index in [1.165, 1.54) is 0 Å². The molecule has 0 heterocycles. The zero-order valence-electron chi connectivity index (χ0n) is 19.9. The number of benzene rings is 2. The molecule has 0 spiro atoms. The van der Waals surface area contributed by atoms with Crippen LogP contribution in [0.1, 0.15) is 56.1 Å². The van der Waals surface area contributed by atoms with Crippen LogP contribution in [0.25, 0.3) is 0 Å². The van der Waals surface area contributed by atoms with Crippen LogP contribution in [0, 0.1) is 16.4 Å². The molecule has 2 amide bonds. The van der Waals surface area contributed by atoms with Crippen LogP contribution in [0.5, 0.6) is 11.5 Å². The Morgan fingerprint density at radius 3 is 2.36 bits per heavy atom. The summed E-state index contributed by atoms with van der Waals surface area (Å²) in [7, 11) is 0. The van der Waals surface area contributed by atoms with Gasteiger partial charge in [0.15, 0.2) is 11.5 Å². The molecule has 0 fully saturated rings. The van der Waals surface area contributed by atoms with Crippen molar-refractivity contribution in [2.24, 2.45) is 11.0 Å². The number of hydrazone groups is 1. The van der Waals surface area contributed by atoms with Crippen LogP contribution >= 0.6 is 22.6 Å². The summed E-state index contributed by atoms with van der Waals surface area (Å²) < 4.78 is 12.5. The van der Waals surface area contributed by atoms with E-state index in [0.29, 0.717) is 23.7 Å². The summed E-state index contributed by atoms with van der Waals surface area (Å²) in [6.07, 6.45) is 1.56. The Morgan fingerprint density at radius 1 is 1.12 bits per heavy atom. The van der Waals surface area contributed by atoms with E-state index in [2.05, 4.69) is 38.4 Å². The molecular weight excluding hydrogens is 533 g/mol.